The molecule has 2 saturated heterocycles. The minimum atomic E-state index is -0.330. The molecule has 3 atom stereocenters. The Bertz CT molecular complexity index is 614. The highest BCUT2D eigenvalue weighted by atomic mass is 79.9. The van der Waals surface area contributed by atoms with Crippen LogP contribution < -0.4 is 4.90 Å². The molecule has 3 fully saturated rings. The van der Waals surface area contributed by atoms with E-state index in [4.69, 9.17) is 0 Å². The van der Waals surface area contributed by atoms with Crippen LogP contribution in [0.1, 0.15) is 25.7 Å². The Kier molecular flexibility index (Phi) is 4.03. The summed E-state index contributed by atoms with van der Waals surface area (Å²) in [6.07, 6.45) is 6.28. The standard InChI is InChI=1S/C17H21BrFN3O/c18-14-6-15(19)16(20-7-14)21-5-4-13(10-21)17(23)22-8-11-2-1-3-12(11)9-22/h6-7,11-13H,1-5,8-10H2. The second kappa shape index (κ2) is 6.04. The van der Waals surface area contributed by atoms with Gasteiger partial charge in [0.05, 0.1) is 5.92 Å². The fourth-order valence-electron chi connectivity index (χ4n) is 4.47. The van der Waals surface area contributed by atoms with E-state index in [2.05, 4.69) is 25.8 Å². The van der Waals surface area contributed by atoms with Crippen LogP contribution in [-0.4, -0.2) is 42.0 Å². The molecule has 1 aromatic heterocycles. The van der Waals surface area contributed by atoms with E-state index in [9.17, 15) is 9.18 Å². The van der Waals surface area contributed by atoms with Gasteiger partial charge in [0.1, 0.15) is 0 Å². The maximum Gasteiger partial charge on any atom is 0.227 e. The van der Waals surface area contributed by atoms with Crippen molar-refractivity contribution in [3.05, 3.63) is 22.6 Å². The number of carbonyl (C=O) groups is 1. The SMILES string of the molecule is O=C(C1CCN(c2ncc(Br)cc2F)C1)N1CC2CCCC2C1. The molecule has 3 heterocycles. The Labute approximate surface area is 144 Å². The Morgan fingerprint density at radius 1 is 1.22 bits per heavy atom. The molecule has 0 N–H and O–H groups in total. The molecular formula is C17H21BrFN3O. The summed E-state index contributed by atoms with van der Waals surface area (Å²) in [4.78, 5) is 20.9. The van der Waals surface area contributed by atoms with Crippen LogP contribution >= 0.6 is 15.9 Å². The minimum Gasteiger partial charge on any atom is -0.353 e. The topological polar surface area (TPSA) is 36.4 Å². The average molecular weight is 382 g/mol. The van der Waals surface area contributed by atoms with Crippen molar-refractivity contribution in [3.63, 3.8) is 0 Å². The molecule has 3 aliphatic rings. The van der Waals surface area contributed by atoms with Gasteiger partial charge in [-0.15, -0.1) is 0 Å². The monoisotopic (exact) mass is 381 g/mol. The van der Waals surface area contributed by atoms with Crippen LogP contribution in [0.2, 0.25) is 0 Å². The molecule has 0 spiro atoms. The first-order valence-corrected chi connectivity index (χ1v) is 9.26. The van der Waals surface area contributed by atoms with Gasteiger partial charge in [-0.05, 0) is 53.1 Å². The van der Waals surface area contributed by atoms with E-state index in [-0.39, 0.29) is 17.6 Å². The van der Waals surface area contributed by atoms with E-state index in [0.29, 0.717) is 23.4 Å². The lowest BCUT2D eigenvalue weighted by Crippen LogP contribution is -2.36. The normalized spacial score (nSPS) is 30.1. The molecule has 1 aromatic rings. The van der Waals surface area contributed by atoms with Gasteiger partial charge in [-0.3, -0.25) is 4.79 Å². The fraction of sp³-hybridized carbons (Fsp3) is 0.647. The predicted molar refractivity (Wildman–Crippen MR) is 89.6 cm³/mol. The highest BCUT2D eigenvalue weighted by Crippen LogP contribution is 2.38. The zero-order chi connectivity index (χ0) is 16.0. The van der Waals surface area contributed by atoms with Crippen LogP contribution in [0.15, 0.2) is 16.7 Å². The molecular weight excluding hydrogens is 361 g/mol. The van der Waals surface area contributed by atoms with Gasteiger partial charge < -0.3 is 9.80 Å². The lowest BCUT2D eigenvalue weighted by atomic mass is 10.0. The number of nitrogens with zero attached hydrogens (tertiary/aromatic N) is 3. The first-order chi connectivity index (χ1) is 11.1. The van der Waals surface area contributed by atoms with Crippen molar-refractivity contribution in [2.75, 3.05) is 31.1 Å². The van der Waals surface area contributed by atoms with Crippen molar-refractivity contribution in [1.82, 2.24) is 9.88 Å². The molecule has 4 rings (SSSR count). The molecule has 124 valence electrons. The summed E-state index contributed by atoms with van der Waals surface area (Å²) < 4.78 is 14.7. The lowest BCUT2D eigenvalue weighted by Gasteiger charge is -2.22. The van der Waals surface area contributed by atoms with Gasteiger partial charge >= 0.3 is 0 Å². The Morgan fingerprint density at radius 3 is 2.65 bits per heavy atom. The highest BCUT2D eigenvalue weighted by molar-refractivity contribution is 9.10. The number of hydrogen-bond donors (Lipinski definition) is 0. The predicted octanol–water partition coefficient (Wildman–Crippen LogP) is 3.07. The molecule has 1 amide bonds. The summed E-state index contributed by atoms with van der Waals surface area (Å²) in [6, 6.07) is 1.43. The summed E-state index contributed by atoms with van der Waals surface area (Å²) >= 11 is 3.23. The van der Waals surface area contributed by atoms with Crippen LogP contribution in [0.3, 0.4) is 0 Å². The Morgan fingerprint density at radius 2 is 1.96 bits per heavy atom. The number of pyridine rings is 1. The van der Waals surface area contributed by atoms with Crippen molar-refractivity contribution in [1.29, 1.82) is 0 Å². The summed E-state index contributed by atoms with van der Waals surface area (Å²) in [7, 11) is 0. The van der Waals surface area contributed by atoms with Crippen molar-refractivity contribution >= 4 is 27.7 Å². The van der Waals surface area contributed by atoms with E-state index < -0.39 is 0 Å². The second-order valence-corrected chi connectivity index (χ2v) is 8.00. The molecule has 1 aliphatic carbocycles. The maximum atomic E-state index is 14.1. The second-order valence-electron chi connectivity index (χ2n) is 7.08. The van der Waals surface area contributed by atoms with Gasteiger partial charge in [-0.25, -0.2) is 9.37 Å². The minimum absolute atomic E-state index is 0.0151. The van der Waals surface area contributed by atoms with E-state index in [0.717, 1.165) is 31.3 Å². The van der Waals surface area contributed by atoms with Crippen molar-refractivity contribution in [3.8, 4) is 0 Å². The molecule has 3 unspecified atom stereocenters. The Balaban J connectivity index is 1.41. The van der Waals surface area contributed by atoms with E-state index in [1.54, 1.807) is 6.20 Å². The van der Waals surface area contributed by atoms with Gasteiger partial charge in [0.2, 0.25) is 5.91 Å². The summed E-state index contributed by atoms with van der Waals surface area (Å²) in [5.74, 6) is 1.73. The fourth-order valence-corrected chi connectivity index (χ4v) is 4.77. The van der Waals surface area contributed by atoms with Crippen LogP contribution in [0.25, 0.3) is 0 Å². The van der Waals surface area contributed by atoms with Crippen LogP contribution in [0, 0.1) is 23.6 Å². The van der Waals surface area contributed by atoms with E-state index >= 15 is 0 Å². The molecule has 1 saturated carbocycles. The van der Waals surface area contributed by atoms with Gasteiger partial charge in [-0.1, -0.05) is 6.42 Å². The molecule has 4 nitrogen and oxygen atoms in total. The zero-order valence-electron chi connectivity index (χ0n) is 13.0. The number of fused-ring (bicyclic) bond motifs is 1. The van der Waals surface area contributed by atoms with Crippen molar-refractivity contribution < 1.29 is 9.18 Å². The third kappa shape index (κ3) is 2.86. The molecule has 0 bridgehead atoms. The first-order valence-electron chi connectivity index (χ1n) is 8.46. The third-order valence-electron chi connectivity index (χ3n) is 5.66. The summed E-state index contributed by atoms with van der Waals surface area (Å²) in [5, 5.41) is 0. The molecule has 2 aliphatic heterocycles. The van der Waals surface area contributed by atoms with Crippen molar-refractivity contribution in [2.45, 2.75) is 25.7 Å². The van der Waals surface area contributed by atoms with Crippen LogP contribution in [0.5, 0.6) is 0 Å². The number of amides is 1. The van der Waals surface area contributed by atoms with Gasteiger partial charge in [-0.2, -0.15) is 0 Å². The summed E-state index contributed by atoms with van der Waals surface area (Å²) in [5.41, 5.74) is 0. The largest absolute Gasteiger partial charge is 0.353 e. The number of carbonyl (C=O) groups excluding carboxylic acids is 1. The number of aromatic nitrogens is 1. The summed E-state index contributed by atoms with van der Waals surface area (Å²) in [6.45, 7) is 3.15. The van der Waals surface area contributed by atoms with Crippen molar-refractivity contribution in [2.24, 2.45) is 17.8 Å². The van der Waals surface area contributed by atoms with Gasteiger partial charge in [0.25, 0.3) is 0 Å². The number of anilines is 1. The highest BCUT2D eigenvalue weighted by Gasteiger charge is 2.41. The van der Waals surface area contributed by atoms with Crippen LogP contribution in [0.4, 0.5) is 10.2 Å². The number of likely N-dealkylation sites (tertiary alicyclic amines) is 1. The van der Waals surface area contributed by atoms with E-state index in [1.807, 2.05) is 4.90 Å². The van der Waals surface area contributed by atoms with Crippen LogP contribution in [-0.2, 0) is 4.79 Å². The third-order valence-corrected chi connectivity index (χ3v) is 6.10. The smallest absolute Gasteiger partial charge is 0.227 e. The molecule has 6 heteroatoms. The van der Waals surface area contributed by atoms with E-state index in [1.165, 1.54) is 25.3 Å². The first kappa shape index (κ1) is 15.4. The molecule has 0 radical (unpaired) electrons. The number of halogens is 2. The maximum absolute atomic E-state index is 14.1. The van der Waals surface area contributed by atoms with Gasteiger partial charge in [0, 0.05) is 36.8 Å². The lowest BCUT2D eigenvalue weighted by molar-refractivity contribution is -0.134. The quantitative estimate of drug-likeness (QED) is 0.789. The molecule has 0 aromatic carbocycles. The number of rotatable bonds is 2. The zero-order valence-corrected chi connectivity index (χ0v) is 14.6. The number of hydrogen-bond acceptors (Lipinski definition) is 3. The van der Waals surface area contributed by atoms with Gasteiger partial charge in [0.15, 0.2) is 11.6 Å². The molecule has 23 heavy (non-hydrogen) atoms. The Hall–Kier alpha value is -1.17. The average Bonchev–Trinajstić information content (AvgIpc) is 3.22.